The summed E-state index contributed by atoms with van der Waals surface area (Å²) in [4.78, 5) is 42.4. The van der Waals surface area contributed by atoms with Gasteiger partial charge in [0.1, 0.15) is 12.2 Å². The zero-order valence-electron chi connectivity index (χ0n) is 13.2. The standard InChI is InChI=1S/C15H16N6O3/c1-3-21-11-5-4-9(6-10(11)19-14(23)15(21)24)13(22)18-8(2)12-16-7-17-20-12/h4-8H,3H2,1-2H3,(H,18,22)(H,19,23)(H,16,17,20). The van der Waals surface area contributed by atoms with Gasteiger partial charge in [0, 0.05) is 12.1 Å². The third kappa shape index (κ3) is 2.71. The fourth-order valence-electron chi connectivity index (χ4n) is 2.51. The molecule has 9 heteroatoms. The van der Waals surface area contributed by atoms with Gasteiger partial charge in [-0.05, 0) is 32.0 Å². The van der Waals surface area contributed by atoms with E-state index in [9.17, 15) is 14.4 Å². The van der Waals surface area contributed by atoms with Crippen LogP contribution in [0.4, 0.5) is 0 Å². The highest BCUT2D eigenvalue weighted by molar-refractivity contribution is 5.97. The Balaban J connectivity index is 1.96. The Morgan fingerprint density at radius 1 is 1.38 bits per heavy atom. The van der Waals surface area contributed by atoms with E-state index in [0.717, 1.165) is 0 Å². The zero-order chi connectivity index (χ0) is 17.3. The van der Waals surface area contributed by atoms with Crippen molar-refractivity contribution in [3.8, 4) is 0 Å². The average Bonchev–Trinajstić information content (AvgIpc) is 3.10. The van der Waals surface area contributed by atoms with Crippen molar-refractivity contribution in [2.45, 2.75) is 26.4 Å². The molecule has 1 aromatic carbocycles. The molecule has 0 saturated carbocycles. The van der Waals surface area contributed by atoms with Gasteiger partial charge in [-0.15, -0.1) is 0 Å². The number of aromatic nitrogens is 5. The van der Waals surface area contributed by atoms with Crippen LogP contribution in [0.25, 0.3) is 11.0 Å². The van der Waals surface area contributed by atoms with E-state index >= 15 is 0 Å². The Hall–Kier alpha value is -3.23. The van der Waals surface area contributed by atoms with Gasteiger partial charge in [0.15, 0.2) is 0 Å². The monoisotopic (exact) mass is 328 g/mol. The maximum absolute atomic E-state index is 12.4. The molecule has 0 aliphatic heterocycles. The SMILES string of the molecule is CCn1c(=O)c(=O)[nH]c2cc(C(=O)NC(C)c3ncn[nH]3)ccc21. The van der Waals surface area contributed by atoms with Crippen molar-refractivity contribution in [1.29, 1.82) is 0 Å². The molecule has 1 amide bonds. The van der Waals surface area contributed by atoms with Crippen LogP contribution in [-0.4, -0.2) is 30.6 Å². The van der Waals surface area contributed by atoms with Crippen LogP contribution in [0.5, 0.6) is 0 Å². The number of H-pyrrole nitrogens is 2. The summed E-state index contributed by atoms with van der Waals surface area (Å²) in [5.41, 5.74) is 0.0484. The molecular formula is C15H16N6O3. The Labute approximate surface area is 135 Å². The normalized spacial score (nSPS) is 12.2. The van der Waals surface area contributed by atoms with E-state index in [0.29, 0.717) is 29.0 Å². The van der Waals surface area contributed by atoms with Crippen LogP contribution < -0.4 is 16.4 Å². The first-order valence-corrected chi connectivity index (χ1v) is 7.44. The number of nitrogens with zero attached hydrogens (tertiary/aromatic N) is 3. The summed E-state index contributed by atoms with van der Waals surface area (Å²) in [6.45, 7) is 3.92. The van der Waals surface area contributed by atoms with Crippen molar-refractivity contribution in [2.75, 3.05) is 0 Å². The highest BCUT2D eigenvalue weighted by atomic mass is 16.2. The number of aromatic amines is 2. The van der Waals surface area contributed by atoms with Gasteiger partial charge in [-0.25, -0.2) is 4.98 Å². The molecule has 3 N–H and O–H groups in total. The molecule has 1 unspecified atom stereocenters. The van der Waals surface area contributed by atoms with Gasteiger partial charge in [0.2, 0.25) is 0 Å². The van der Waals surface area contributed by atoms with Crippen LogP contribution in [0.15, 0.2) is 34.1 Å². The van der Waals surface area contributed by atoms with E-state index in [2.05, 4.69) is 25.5 Å². The fraction of sp³-hybridized carbons (Fsp3) is 0.267. The van der Waals surface area contributed by atoms with Crippen molar-refractivity contribution in [3.05, 3.63) is 56.6 Å². The number of carbonyl (C=O) groups excluding carboxylic acids is 1. The van der Waals surface area contributed by atoms with Crippen LogP contribution in [-0.2, 0) is 6.54 Å². The second-order valence-corrected chi connectivity index (χ2v) is 5.30. The third-order valence-corrected chi connectivity index (χ3v) is 3.74. The number of rotatable bonds is 4. The van der Waals surface area contributed by atoms with Gasteiger partial charge in [0.05, 0.1) is 17.1 Å². The number of amides is 1. The Bertz CT molecular complexity index is 1000. The lowest BCUT2D eigenvalue weighted by Gasteiger charge is -2.12. The van der Waals surface area contributed by atoms with Crippen LogP contribution in [0.1, 0.15) is 36.1 Å². The minimum absolute atomic E-state index is 0.323. The molecular weight excluding hydrogens is 312 g/mol. The van der Waals surface area contributed by atoms with Crippen molar-refractivity contribution < 1.29 is 4.79 Å². The van der Waals surface area contributed by atoms with Crippen LogP contribution in [0.3, 0.4) is 0 Å². The molecule has 2 aromatic heterocycles. The Kier molecular flexibility index (Phi) is 3.98. The first-order valence-electron chi connectivity index (χ1n) is 7.44. The number of nitrogens with one attached hydrogen (secondary N) is 3. The highest BCUT2D eigenvalue weighted by Gasteiger charge is 2.15. The maximum atomic E-state index is 12.4. The summed E-state index contributed by atoms with van der Waals surface area (Å²) in [6, 6.07) is 4.45. The minimum Gasteiger partial charge on any atom is -0.342 e. The zero-order valence-corrected chi connectivity index (χ0v) is 13.2. The molecule has 0 spiro atoms. The highest BCUT2D eigenvalue weighted by Crippen LogP contribution is 2.13. The molecule has 0 fully saturated rings. The molecule has 24 heavy (non-hydrogen) atoms. The Morgan fingerprint density at radius 2 is 2.17 bits per heavy atom. The molecule has 124 valence electrons. The van der Waals surface area contributed by atoms with Crippen LogP contribution in [0.2, 0.25) is 0 Å². The van der Waals surface area contributed by atoms with E-state index in [1.807, 2.05) is 0 Å². The van der Waals surface area contributed by atoms with E-state index in [1.165, 1.54) is 10.9 Å². The number of fused-ring (bicyclic) bond motifs is 1. The van der Waals surface area contributed by atoms with Gasteiger partial charge >= 0.3 is 11.1 Å². The lowest BCUT2D eigenvalue weighted by Crippen LogP contribution is -2.36. The molecule has 3 aromatic rings. The first-order chi connectivity index (χ1) is 11.5. The number of benzene rings is 1. The molecule has 0 bridgehead atoms. The predicted octanol–water partition coefficient (Wildman–Crippen LogP) is 0.319. The second-order valence-electron chi connectivity index (χ2n) is 5.30. The smallest absolute Gasteiger partial charge is 0.316 e. The van der Waals surface area contributed by atoms with Crippen LogP contribution >= 0.6 is 0 Å². The van der Waals surface area contributed by atoms with Crippen molar-refractivity contribution in [3.63, 3.8) is 0 Å². The Morgan fingerprint density at radius 3 is 2.83 bits per heavy atom. The molecule has 0 radical (unpaired) electrons. The van der Waals surface area contributed by atoms with Gasteiger partial charge in [-0.3, -0.25) is 19.5 Å². The molecule has 0 saturated heterocycles. The van der Waals surface area contributed by atoms with E-state index < -0.39 is 11.1 Å². The van der Waals surface area contributed by atoms with Gasteiger partial charge in [-0.1, -0.05) is 0 Å². The van der Waals surface area contributed by atoms with Gasteiger partial charge in [0.25, 0.3) is 5.91 Å². The largest absolute Gasteiger partial charge is 0.342 e. The summed E-state index contributed by atoms with van der Waals surface area (Å²) in [5, 5.41) is 9.22. The number of hydrogen-bond donors (Lipinski definition) is 3. The summed E-state index contributed by atoms with van der Waals surface area (Å²) in [5.74, 6) is 0.216. The molecule has 0 aliphatic rings. The summed E-state index contributed by atoms with van der Waals surface area (Å²) in [6.07, 6.45) is 1.36. The number of hydrogen-bond acceptors (Lipinski definition) is 5. The molecule has 1 atom stereocenters. The quantitative estimate of drug-likeness (QED) is 0.595. The van der Waals surface area contributed by atoms with Gasteiger partial charge < -0.3 is 14.9 Å². The van der Waals surface area contributed by atoms with Crippen molar-refractivity contribution >= 4 is 16.9 Å². The summed E-state index contributed by atoms with van der Waals surface area (Å²) < 4.78 is 1.37. The first kappa shape index (κ1) is 15.7. The van der Waals surface area contributed by atoms with Crippen molar-refractivity contribution in [2.24, 2.45) is 0 Å². The maximum Gasteiger partial charge on any atom is 0.316 e. The molecule has 9 nitrogen and oxygen atoms in total. The van der Waals surface area contributed by atoms with E-state index in [-0.39, 0.29) is 11.9 Å². The number of aryl methyl sites for hydroxylation is 1. The average molecular weight is 328 g/mol. The predicted molar refractivity (Wildman–Crippen MR) is 86.8 cm³/mol. The van der Waals surface area contributed by atoms with E-state index in [1.54, 1.807) is 32.0 Å². The second kappa shape index (κ2) is 6.11. The third-order valence-electron chi connectivity index (χ3n) is 3.74. The summed E-state index contributed by atoms with van der Waals surface area (Å²) >= 11 is 0. The van der Waals surface area contributed by atoms with Gasteiger partial charge in [-0.2, -0.15) is 5.10 Å². The lowest BCUT2D eigenvalue weighted by atomic mass is 10.1. The lowest BCUT2D eigenvalue weighted by molar-refractivity contribution is 0.0938. The minimum atomic E-state index is -0.711. The molecule has 3 rings (SSSR count). The van der Waals surface area contributed by atoms with E-state index in [4.69, 9.17) is 0 Å². The fourth-order valence-corrected chi connectivity index (χ4v) is 2.51. The molecule has 0 aliphatic carbocycles. The number of carbonyl (C=O) groups is 1. The molecule has 2 heterocycles. The van der Waals surface area contributed by atoms with Crippen molar-refractivity contribution in [1.82, 2.24) is 30.0 Å². The summed E-state index contributed by atoms with van der Waals surface area (Å²) in [7, 11) is 0. The van der Waals surface area contributed by atoms with Crippen LogP contribution in [0, 0.1) is 0 Å². The topological polar surface area (TPSA) is 126 Å².